The molecular formula is C63H41N3O. The number of nitrogens with zero attached hydrogens (tertiary/aromatic N) is 3. The number of hydrogen-bond acceptors (Lipinski definition) is 4. The molecule has 0 aliphatic rings. The fraction of sp³-hybridized carbons (Fsp3) is 0. The fourth-order valence-corrected chi connectivity index (χ4v) is 9.13. The Morgan fingerprint density at radius 2 is 0.582 bits per heavy atom. The van der Waals surface area contributed by atoms with Crippen molar-refractivity contribution in [1.29, 1.82) is 0 Å². The molecule has 0 radical (unpaired) electrons. The van der Waals surface area contributed by atoms with Gasteiger partial charge in [0.25, 0.3) is 0 Å². The van der Waals surface area contributed by atoms with E-state index in [2.05, 4.69) is 218 Å². The van der Waals surface area contributed by atoms with Gasteiger partial charge in [0.1, 0.15) is 11.2 Å². The molecule has 2 aromatic heterocycles. The minimum Gasteiger partial charge on any atom is -0.455 e. The molecule has 10 aromatic carbocycles. The molecule has 12 rings (SSSR count). The maximum absolute atomic E-state index is 6.82. The van der Waals surface area contributed by atoms with Gasteiger partial charge in [0.2, 0.25) is 0 Å². The molecule has 67 heavy (non-hydrogen) atoms. The van der Waals surface area contributed by atoms with E-state index in [1.165, 1.54) is 22.3 Å². The molecule has 0 saturated carbocycles. The third-order valence-electron chi connectivity index (χ3n) is 12.6. The summed E-state index contributed by atoms with van der Waals surface area (Å²) in [6.07, 6.45) is 0. The Balaban J connectivity index is 0.945. The van der Waals surface area contributed by atoms with E-state index >= 15 is 0 Å². The Morgan fingerprint density at radius 3 is 1.09 bits per heavy atom. The first-order valence-corrected chi connectivity index (χ1v) is 22.6. The molecular weight excluding hydrogens is 815 g/mol. The Labute approximate surface area is 389 Å². The minimum atomic E-state index is 0.575. The number of para-hydroxylation sites is 1. The Hall–Kier alpha value is -8.99. The summed E-state index contributed by atoms with van der Waals surface area (Å²) in [5.74, 6) is 1.76. The average molecular weight is 856 g/mol. The van der Waals surface area contributed by atoms with E-state index in [1.54, 1.807) is 0 Å². The molecule has 0 N–H and O–H groups in total. The van der Waals surface area contributed by atoms with Crippen molar-refractivity contribution in [2.45, 2.75) is 0 Å². The molecule has 12 aromatic rings. The molecule has 0 aliphatic carbocycles. The highest BCUT2D eigenvalue weighted by molar-refractivity contribution is 6.15. The van der Waals surface area contributed by atoms with Gasteiger partial charge in [0, 0.05) is 33.0 Å². The summed E-state index contributed by atoms with van der Waals surface area (Å²) in [7, 11) is 0. The van der Waals surface area contributed by atoms with Crippen molar-refractivity contribution >= 4 is 21.9 Å². The predicted molar refractivity (Wildman–Crippen MR) is 276 cm³/mol. The summed E-state index contributed by atoms with van der Waals surface area (Å²) in [5, 5.41) is 1.96. The summed E-state index contributed by atoms with van der Waals surface area (Å²) >= 11 is 0. The standard InChI is InChI=1S/C63H41N3O/c1-4-14-42(15-5-1)45-28-30-47(31-29-45)53-22-11-23-54(41-53)55-24-12-25-56-59-57(26-13-27-58(59)67-60(55)56)63-65-61(49-36-32-46(33-37-49)43-16-6-2-7-17-43)64-62(66-63)50-38-34-48(35-39-50)52-21-10-20-51(40-52)44-18-8-3-9-19-44/h1-41H. The minimum absolute atomic E-state index is 0.575. The zero-order valence-electron chi connectivity index (χ0n) is 36.4. The van der Waals surface area contributed by atoms with E-state index in [1.807, 2.05) is 30.3 Å². The number of furan rings is 1. The van der Waals surface area contributed by atoms with Crippen molar-refractivity contribution in [1.82, 2.24) is 15.0 Å². The Kier molecular flexibility index (Phi) is 10.2. The largest absolute Gasteiger partial charge is 0.455 e. The van der Waals surface area contributed by atoms with Crippen LogP contribution in [0.15, 0.2) is 253 Å². The quantitative estimate of drug-likeness (QED) is 0.145. The van der Waals surface area contributed by atoms with Crippen LogP contribution >= 0.6 is 0 Å². The third-order valence-corrected chi connectivity index (χ3v) is 12.6. The zero-order valence-corrected chi connectivity index (χ0v) is 36.4. The number of fused-ring (bicyclic) bond motifs is 3. The fourth-order valence-electron chi connectivity index (χ4n) is 9.13. The second kappa shape index (κ2) is 17.2. The van der Waals surface area contributed by atoms with E-state index in [-0.39, 0.29) is 0 Å². The van der Waals surface area contributed by atoms with Crippen LogP contribution in [0.2, 0.25) is 0 Å². The lowest BCUT2D eigenvalue weighted by Gasteiger charge is -2.11. The van der Waals surface area contributed by atoms with Crippen molar-refractivity contribution in [3.8, 4) is 101 Å². The van der Waals surface area contributed by atoms with Crippen LogP contribution in [-0.2, 0) is 0 Å². The molecule has 2 heterocycles. The zero-order chi connectivity index (χ0) is 44.5. The van der Waals surface area contributed by atoms with Gasteiger partial charge in [-0.2, -0.15) is 0 Å². The van der Waals surface area contributed by atoms with E-state index in [0.29, 0.717) is 17.5 Å². The van der Waals surface area contributed by atoms with E-state index in [9.17, 15) is 0 Å². The summed E-state index contributed by atoms with van der Waals surface area (Å²) in [5.41, 5.74) is 18.0. The number of benzene rings is 10. The number of rotatable bonds is 9. The Morgan fingerprint density at radius 1 is 0.239 bits per heavy atom. The van der Waals surface area contributed by atoms with Gasteiger partial charge in [0.15, 0.2) is 17.5 Å². The van der Waals surface area contributed by atoms with E-state index in [4.69, 9.17) is 19.4 Å². The molecule has 4 nitrogen and oxygen atoms in total. The first kappa shape index (κ1) is 39.6. The molecule has 0 unspecified atom stereocenters. The summed E-state index contributed by atoms with van der Waals surface area (Å²) < 4.78 is 6.82. The maximum atomic E-state index is 6.82. The smallest absolute Gasteiger partial charge is 0.164 e. The van der Waals surface area contributed by atoms with Gasteiger partial charge in [0.05, 0.1) is 0 Å². The van der Waals surface area contributed by atoms with Gasteiger partial charge in [-0.1, -0.05) is 231 Å². The van der Waals surface area contributed by atoms with E-state index in [0.717, 1.165) is 83.1 Å². The van der Waals surface area contributed by atoms with Gasteiger partial charge in [-0.15, -0.1) is 0 Å². The van der Waals surface area contributed by atoms with Crippen molar-refractivity contribution in [3.63, 3.8) is 0 Å². The monoisotopic (exact) mass is 855 g/mol. The molecule has 314 valence electrons. The van der Waals surface area contributed by atoms with Gasteiger partial charge in [-0.05, 0) is 79.4 Å². The van der Waals surface area contributed by atoms with Crippen LogP contribution in [0.4, 0.5) is 0 Å². The van der Waals surface area contributed by atoms with Crippen LogP contribution < -0.4 is 0 Å². The highest BCUT2D eigenvalue weighted by atomic mass is 16.3. The third kappa shape index (κ3) is 7.77. The highest BCUT2D eigenvalue weighted by Gasteiger charge is 2.20. The van der Waals surface area contributed by atoms with Gasteiger partial charge in [-0.3, -0.25) is 0 Å². The van der Waals surface area contributed by atoms with Crippen LogP contribution in [0.25, 0.3) is 123 Å². The van der Waals surface area contributed by atoms with Crippen LogP contribution in [0.3, 0.4) is 0 Å². The SMILES string of the molecule is c1ccc(-c2ccc(-c3cccc(-c4cccc5c4oc4cccc(-c6nc(-c7ccc(-c8ccccc8)cc7)nc(-c7ccc(-c8cccc(-c9ccccc9)c8)cc7)n6)c45)c3)cc2)cc1. The molecule has 0 aliphatic heterocycles. The van der Waals surface area contributed by atoms with Gasteiger partial charge < -0.3 is 4.42 Å². The van der Waals surface area contributed by atoms with Crippen molar-refractivity contribution in [3.05, 3.63) is 249 Å². The summed E-state index contributed by atoms with van der Waals surface area (Å²) in [6, 6.07) is 87.0. The topological polar surface area (TPSA) is 51.8 Å². The van der Waals surface area contributed by atoms with Crippen LogP contribution in [0, 0.1) is 0 Å². The summed E-state index contributed by atoms with van der Waals surface area (Å²) in [6.45, 7) is 0. The molecule has 4 heteroatoms. The lowest BCUT2D eigenvalue weighted by atomic mass is 9.96. The predicted octanol–water partition coefficient (Wildman–Crippen LogP) is 16.8. The molecule has 0 bridgehead atoms. The molecule has 0 spiro atoms. The van der Waals surface area contributed by atoms with Crippen LogP contribution in [0.5, 0.6) is 0 Å². The van der Waals surface area contributed by atoms with Crippen molar-refractivity contribution in [2.75, 3.05) is 0 Å². The van der Waals surface area contributed by atoms with Crippen molar-refractivity contribution < 1.29 is 4.42 Å². The number of aromatic nitrogens is 3. The highest BCUT2D eigenvalue weighted by Crippen LogP contribution is 2.41. The van der Waals surface area contributed by atoms with Gasteiger partial charge >= 0.3 is 0 Å². The number of hydrogen-bond donors (Lipinski definition) is 0. The maximum Gasteiger partial charge on any atom is 0.164 e. The molecule has 0 amide bonds. The normalized spacial score (nSPS) is 11.3. The Bertz CT molecular complexity index is 3700. The second-order valence-electron chi connectivity index (χ2n) is 16.8. The lowest BCUT2D eigenvalue weighted by molar-refractivity contribution is 0.670. The molecule has 0 fully saturated rings. The molecule has 0 saturated heterocycles. The first-order chi connectivity index (χ1) is 33.2. The lowest BCUT2D eigenvalue weighted by Crippen LogP contribution is -2.00. The van der Waals surface area contributed by atoms with Crippen molar-refractivity contribution in [2.24, 2.45) is 0 Å². The van der Waals surface area contributed by atoms with E-state index < -0.39 is 0 Å². The van der Waals surface area contributed by atoms with Crippen LogP contribution in [-0.4, -0.2) is 15.0 Å². The van der Waals surface area contributed by atoms with Crippen LogP contribution in [0.1, 0.15) is 0 Å². The second-order valence-corrected chi connectivity index (χ2v) is 16.8. The average Bonchev–Trinajstić information content (AvgIpc) is 3.81. The molecule has 0 atom stereocenters. The first-order valence-electron chi connectivity index (χ1n) is 22.6. The van der Waals surface area contributed by atoms with Gasteiger partial charge in [-0.25, -0.2) is 15.0 Å². The summed E-state index contributed by atoms with van der Waals surface area (Å²) in [4.78, 5) is 15.6.